The summed E-state index contributed by atoms with van der Waals surface area (Å²) in [5.74, 6) is -0.976. The fraction of sp³-hybridized carbons (Fsp3) is 0.182. The fourth-order valence-corrected chi connectivity index (χ4v) is 3.31. The summed E-state index contributed by atoms with van der Waals surface area (Å²) >= 11 is 0. The van der Waals surface area contributed by atoms with Gasteiger partial charge < -0.3 is 14.6 Å². The van der Waals surface area contributed by atoms with Crippen molar-refractivity contribution in [2.75, 3.05) is 14.1 Å². The lowest BCUT2D eigenvalue weighted by molar-refractivity contribution is 0.0695. The van der Waals surface area contributed by atoms with Crippen LogP contribution in [-0.2, 0) is 0 Å². The number of para-hydroxylation sites is 1. The maximum atomic E-state index is 12.1. The van der Waals surface area contributed by atoms with Gasteiger partial charge in [0.15, 0.2) is 0 Å². The molecule has 138 valence electrons. The van der Waals surface area contributed by atoms with Gasteiger partial charge in [0.25, 0.3) is 5.91 Å². The number of aromatic carboxylic acids is 1. The molecule has 0 aliphatic heterocycles. The molecule has 0 unspecified atom stereocenters. The maximum absolute atomic E-state index is 12.1. The maximum Gasteiger partial charge on any atom is 0.337 e. The van der Waals surface area contributed by atoms with E-state index >= 15 is 0 Å². The molecule has 1 N–H and O–H groups in total. The summed E-state index contributed by atoms with van der Waals surface area (Å²) in [6, 6.07) is 17.0. The quantitative estimate of drug-likeness (QED) is 0.758. The minimum Gasteiger partial charge on any atom is -0.478 e. The lowest BCUT2D eigenvalue weighted by atomic mass is 10.0. The van der Waals surface area contributed by atoms with Crippen molar-refractivity contribution in [3.63, 3.8) is 0 Å². The third-order valence-electron chi connectivity index (χ3n) is 4.66. The van der Waals surface area contributed by atoms with Crippen molar-refractivity contribution in [2.45, 2.75) is 13.8 Å². The van der Waals surface area contributed by atoms with Gasteiger partial charge in [-0.2, -0.15) is 0 Å². The molecule has 0 spiro atoms. The van der Waals surface area contributed by atoms with E-state index in [4.69, 9.17) is 0 Å². The molecule has 0 fully saturated rings. The van der Waals surface area contributed by atoms with Crippen LogP contribution in [0.4, 0.5) is 0 Å². The minimum atomic E-state index is -0.932. The van der Waals surface area contributed by atoms with Crippen LogP contribution in [0.3, 0.4) is 0 Å². The first-order chi connectivity index (χ1) is 12.8. The van der Waals surface area contributed by atoms with E-state index in [-0.39, 0.29) is 5.91 Å². The molecule has 0 saturated carbocycles. The molecular formula is C22H22N2O3. The number of carbonyl (C=O) groups is 2. The second kappa shape index (κ2) is 7.11. The van der Waals surface area contributed by atoms with Gasteiger partial charge in [-0.05, 0) is 43.7 Å². The normalized spacial score (nSPS) is 10.7. The number of rotatable bonds is 4. The molecule has 0 aliphatic rings. The first-order valence-electron chi connectivity index (χ1n) is 8.65. The highest BCUT2D eigenvalue weighted by Gasteiger charge is 2.18. The van der Waals surface area contributed by atoms with Crippen LogP contribution in [0.15, 0.2) is 54.6 Å². The van der Waals surface area contributed by atoms with E-state index in [2.05, 4.69) is 0 Å². The number of aryl methyl sites for hydroxylation is 1. The fourth-order valence-electron chi connectivity index (χ4n) is 3.31. The Morgan fingerprint density at radius 2 is 1.59 bits per heavy atom. The Morgan fingerprint density at radius 1 is 0.963 bits per heavy atom. The molecule has 0 atom stereocenters. The van der Waals surface area contributed by atoms with Gasteiger partial charge in [0.1, 0.15) is 0 Å². The number of amides is 1. The first kappa shape index (κ1) is 18.5. The van der Waals surface area contributed by atoms with Crippen molar-refractivity contribution in [1.29, 1.82) is 0 Å². The highest BCUT2D eigenvalue weighted by molar-refractivity contribution is 5.94. The summed E-state index contributed by atoms with van der Waals surface area (Å²) < 4.78 is 1.96. The summed E-state index contributed by atoms with van der Waals surface area (Å²) in [5.41, 5.74) is 5.32. The van der Waals surface area contributed by atoms with Crippen LogP contribution in [-0.4, -0.2) is 40.5 Å². The van der Waals surface area contributed by atoms with Crippen molar-refractivity contribution in [3.8, 4) is 16.8 Å². The van der Waals surface area contributed by atoms with Gasteiger partial charge in [-0.1, -0.05) is 30.3 Å². The Bertz CT molecular complexity index is 1010. The second-order valence-electron chi connectivity index (χ2n) is 6.72. The van der Waals surface area contributed by atoms with E-state index in [0.717, 1.165) is 22.5 Å². The van der Waals surface area contributed by atoms with E-state index in [1.807, 2.05) is 66.9 Å². The number of carbonyl (C=O) groups excluding carboxylic acids is 1. The Hall–Kier alpha value is -3.34. The van der Waals surface area contributed by atoms with Crippen molar-refractivity contribution in [1.82, 2.24) is 9.47 Å². The molecule has 3 rings (SSSR count). The third kappa shape index (κ3) is 3.36. The highest BCUT2D eigenvalue weighted by Crippen LogP contribution is 2.30. The van der Waals surface area contributed by atoms with Crippen LogP contribution < -0.4 is 0 Å². The van der Waals surface area contributed by atoms with Gasteiger partial charge in [-0.25, -0.2) is 4.79 Å². The molecule has 0 saturated heterocycles. The smallest absolute Gasteiger partial charge is 0.337 e. The molecule has 27 heavy (non-hydrogen) atoms. The number of carboxylic acids is 1. The largest absolute Gasteiger partial charge is 0.478 e. The predicted octanol–water partition coefficient (Wildman–Crippen LogP) is 4.16. The number of nitrogens with zero attached hydrogens (tertiary/aromatic N) is 2. The van der Waals surface area contributed by atoms with Crippen molar-refractivity contribution in [3.05, 3.63) is 77.1 Å². The average molecular weight is 362 g/mol. The minimum absolute atomic E-state index is 0.0435. The molecule has 1 amide bonds. The lowest BCUT2D eigenvalue weighted by Crippen LogP contribution is -2.21. The summed E-state index contributed by atoms with van der Waals surface area (Å²) in [7, 11) is 3.45. The summed E-state index contributed by atoms with van der Waals surface area (Å²) in [4.78, 5) is 25.1. The van der Waals surface area contributed by atoms with Gasteiger partial charge in [0.2, 0.25) is 0 Å². The van der Waals surface area contributed by atoms with Crippen LogP contribution in [0, 0.1) is 13.8 Å². The molecule has 1 heterocycles. The molecule has 5 heteroatoms. The molecule has 3 aromatic rings. The van der Waals surface area contributed by atoms with Gasteiger partial charge in [0, 0.05) is 36.6 Å². The van der Waals surface area contributed by atoms with E-state index in [0.29, 0.717) is 16.8 Å². The highest BCUT2D eigenvalue weighted by atomic mass is 16.4. The molecule has 5 nitrogen and oxygen atoms in total. The van der Waals surface area contributed by atoms with Crippen LogP contribution >= 0.6 is 0 Å². The Morgan fingerprint density at radius 3 is 2.15 bits per heavy atom. The van der Waals surface area contributed by atoms with Gasteiger partial charge in [-0.3, -0.25) is 4.79 Å². The molecule has 2 aromatic carbocycles. The van der Waals surface area contributed by atoms with Crippen LogP contribution in [0.1, 0.15) is 32.1 Å². The number of carboxylic acid groups (broad SMARTS) is 1. The summed E-state index contributed by atoms with van der Waals surface area (Å²) in [6.07, 6.45) is 0. The van der Waals surface area contributed by atoms with E-state index in [1.54, 1.807) is 25.1 Å². The predicted molar refractivity (Wildman–Crippen MR) is 106 cm³/mol. The monoisotopic (exact) mass is 362 g/mol. The summed E-state index contributed by atoms with van der Waals surface area (Å²) in [6.45, 7) is 3.71. The van der Waals surface area contributed by atoms with E-state index in [1.165, 1.54) is 0 Å². The van der Waals surface area contributed by atoms with E-state index < -0.39 is 5.97 Å². The Balaban J connectivity index is 2.11. The molecule has 0 bridgehead atoms. The zero-order chi connectivity index (χ0) is 19.7. The summed E-state index contributed by atoms with van der Waals surface area (Å²) in [5, 5.41) is 9.41. The molecular weight excluding hydrogens is 340 g/mol. The van der Waals surface area contributed by atoms with Crippen LogP contribution in [0.2, 0.25) is 0 Å². The van der Waals surface area contributed by atoms with Crippen molar-refractivity contribution < 1.29 is 14.7 Å². The molecule has 0 radical (unpaired) electrons. The standard InChI is InChI=1S/C22H22N2O3/c1-14-13-19(22(26)27)15(2)24(14)20-8-6-5-7-18(20)16-9-11-17(12-10-16)21(25)23(3)4/h5-13H,1-4H3,(H,26,27). The van der Waals surface area contributed by atoms with Crippen molar-refractivity contribution in [2.24, 2.45) is 0 Å². The molecule has 0 aliphatic carbocycles. The van der Waals surface area contributed by atoms with Gasteiger partial charge in [0.05, 0.1) is 11.3 Å². The number of hydrogen-bond donors (Lipinski definition) is 1. The molecule has 1 aromatic heterocycles. The average Bonchev–Trinajstić information content (AvgIpc) is 2.95. The van der Waals surface area contributed by atoms with Crippen LogP contribution in [0.5, 0.6) is 0 Å². The number of benzene rings is 2. The zero-order valence-corrected chi connectivity index (χ0v) is 15.9. The van der Waals surface area contributed by atoms with E-state index in [9.17, 15) is 14.7 Å². The van der Waals surface area contributed by atoms with Crippen LogP contribution in [0.25, 0.3) is 16.8 Å². The zero-order valence-electron chi connectivity index (χ0n) is 15.9. The second-order valence-corrected chi connectivity index (χ2v) is 6.72. The SMILES string of the molecule is Cc1cc(C(=O)O)c(C)n1-c1ccccc1-c1ccc(C(=O)N(C)C)cc1. The lowest BCUT2D eigenvalue weighted by Gasteiger charge is -2.16. The number of aromatic nitrogens is 1. The Kier molecular flexibility index (Phi) is 4.86. The topological polar surface area (TPSA) is 62.5 Å². The first-order valence-corrected chi connectivity index (χ1v) is 8.65. The van der Waals surface area contributed by atoms with Crippen molar-refractivity contribution >= 4 is 11.9 Å². The van der Waals surface area contributed by atoms with Gasteiger partial charge in [-0.15, -0.1) is 0 Å². The Labute approximate surface area is 158 Å². The van der Waals surface area contributed by atoms with Gasteiger partial charge >= 0.3 is 5.97 Å². The third-order valence-corrected chi connectivity index (χ3v) is 4.66. The number of hydrogen-bond acceptors (Lipinski definition) is 2.